The smallest absolute Gasteiger partial charge is 0.166 e. The van der Waals surface area contributed by atoms with Crippen molar-refractivity contribution in [2.45, 2.75) is 76.5 Å². The van der Waals surface area contributed by atoms with E-state index in [-0.39, 0.29) is 16.9 Å². The predicted octanol–water partition coefficient (Wildman–Crippen LogP) is 5.43. The van der Waals surface area contributed by atoms with Gasteiger partial charge in [0.2, 0.25) is 0 Å². The first kappa shape index (κ1) is 28.9. The lowest BCUT2D eigenvalue weighted by atomic mass is 9.95. The second kappa shape index (κ2) is 11.6. The van der Waals surface area contributed by atoms with Gasteiger partial charge in [-0.3, -0.25) is 4.90 Å². The van der Waals surface area contributed by atoms with Crippen molar-refractivity contribution in [2.75, 3.05) is 37.7 Å². The number of hydrogen-bond donors (Lipinski definition) is 2. The highest BCUT2D eigenvalue weighted by molar-refractivity contribution is 5.92. The number of nitrogens with zero attached hydrogens (tertiary/aromatic N) is 5. The highest BCUT2D eigenvalue weighted by Gasteiger charge is 2.45. The molecule has 6 heterocycles. The normalized spacial score (nSPS) is 22.2. The Balaban J connectivity index is 0.00000153. The number of phenols is 1. The molecule has 0 spiro atoms. The zero-order chi connectivity index (χ0) is 30.4. The monoisotopic (exact) mass is 596 g/mol. The number of halogens is 1. The van der Waals surface area contributed by atoms with Crippen LogP contribution in [0.4, 0.5) is 10.2 Å². The molecular weight excluding hydrogens is 555 g/mol. The largest absolute Gasteiger partial charge is 0.508 e. The van der Waals surface area contributed by atoms with Crippen LogP contribution in [0.3, 0.4) is 0 Å². The van der Waals surface area contributed by atoms with E-state index in [1.165, 1.54) is 44.6 Å². The Morgan fingerprint density at radius 1 is 1.11 bits per heavy atom. The Bertz CT molecular complexity index is 1720. The van der Waals surface area contributed by atoms with E-state index in [1.807, 2.05) is 18.4 Å². The van der Waals surface area contributed by atoms with Crippen molar-refractivity contribution in [2.24, 2.45) is 0 Å². The number of benzene rings is 2. The van der Waals surface area contributed by atoms with E-state index in [2.05, 4.69) is 27.1 Å². The maximum Gasteiger partial charge on any atom is 0.166 e. The number of nitrogens with one attached hydrogen (secondary N) is 1. The second-order valence-corrected chi connectivity index (χ2v) is 12.5. The van der Waals surface area contributed by atoms with Crippen LogP contribution in [0.25, 0.3) is 21.9 Å². The van der Waals surface area contributed by atoms with Gasteiger partial charge in [-0.1, -0.05) is 25.8 Å². The van der Waals surface area contributed by atoms with E-state index in [0.717, 1.165) is 37.7 Å². The minimum Gasteiger partial charge on any atom is -0.508 e. The first-order chi connectivity index (χ1) is 21.5. The predicted molar refractivity (Wildman–Crippen MR) is 172 cm³/mol. The zero-order valence-electron chi connectivity index (χ0n) is 25.7. The molecule has 0 radical (unpaired) electrons. The minimum atomic E-state index is -0.455. The molecule has 0 saturated carbocycles. The topological polar surface area (TPSA) is 78.7 Å². The first-order valence-electron chi connectivity index (χ1n) is 16.2. The van der Waals surface area contributed by atoms with Crippen LogP contribution < -0.4 is 15.0 Å². The number of aromatic hydroxyl groups is 1. The molecule has 9 heteroatoms. The molecule has 0 amide bonds. The van der Waals surface area contributed by atoms with Crippen molar-refractivity contribution in [3.05, 3.63) is 53.6 Å². The van der Waals surface area contributed by atoms with Crippen LogP contribution in [0.1, 0.15) is 63.5 Å². The Morgan fingerprint density at radius 3 is 2.59 bits per heavy atom. The molecule has 4 fully saturated rings. The summed E-state index contributed by atoms with van der Waals surface area (Å²) < 4.78 is 23.4. The van der Waals surface area contributed by atoms with Crippen molar-refractivity contribution in [3.63, 3.8) is 0 Å². The van der Waals surface area contributed by atoms with E-state index in [4.69, 9.17) is 21.1 Å². The van der Waals surface area contributed by atoms with Crippen LogP contribution in [0.15, 0.2) is 36.7 Å². The van der Waals surface area contributed by atoms with Gasteiger partial charge in [-0.25, -0.2) is 14.4 Å². The molecule has 2 aromatic heterocycles. The van der Waals surface area contributed by atoms with E-state index < -0.39 is 5.82 Å². The molecule has 2 aromatic carbocycles. The summed E-state index contributed by atoms with van der Waals surface area (Å²) in [5.41, 5.74) is 2.43. The highest BCUT2D eigenvalue weighted by atomic mass is 19.1. The molecule has 4 aliphatic heterocycles. The molecule has 2 atom stereocenters. The van der Waals surface area contributed by atoms with Crippen molar-refractivity contribution < 1.29 is 14.2 Å². The van der Waals surface area contributed by atoms with E-state index in [9.17, 15) is 9.50 Å². The lowest BCUT2D eigenvalue weighted by molar-refractivity contribution is 0.114. The van der Waals surface area contributed by atoms with Crippen molar-refractivity contribution >= 4 is 27.8 Å². The first-order valence-corrected chi connectivity index (χ1v) is 16.2. The SMILES string of the molecule is C#Cc1c(F)ccc2cc(O)cc(Cn3cnc4c(OCC56CCCN5CCC6)cc(N5CC6CCC(C5)N6)nc43)c12.CC. The molecule has 0 aliphatic carbocycles. The maximum atomic E-state index is 14.8. The average molecular weight is 597 g/mol. The summed E-state index contributed by atoms with van der Waals surface area (Å²) in [7, 11) is 0. The van der Waals surface area contributed by atoms with Gasteiger partial charge in [-0.05, 0) is 80.8 Å². The maximum absolute atomic E-state index is 14.8. The molecule has 4 saturated heterocycles. The summed E-state index contributed by atoms with van der Waals surface area (Å²) in [6, 6.07) is 9.27. The van der Waals surface area contributed by atoms with E-state index >= 15 is 0 Å². The fourth-order valence-electron chi connectivity index (χ4n) is 8.00. The number of terminal acetylenes is 1. The molecule has 8 rings (SSSR count). The van der Waals surface area contributed by atoms with Gasteiger partial charge in [0, 0.05) is 36.6 Å². The molecule has 8 nitrogen and oxygen atoms in total. The van der Waals surface area contributed by atoms with Crippen LogP contribution in [0.2, 0.25) is 0 Å². The number of ether oxygens (including phenoxy) is 1. The Hall–Kier alpha value is -3.87. The van der Waals surface area contributed by atoms with Crippen LogP contribution in [0, 0.1) is 18.2 Å². The lowest BCUT2D eigenvalue weighted by Gasteiger charge is -2.34. The number of piperazine rings is 1. The van der Waals surface area contributed by atoms with Crippen LogP contribution in [-0.2, 0) is 6.54 Å². The van der Waals surface area contributed by atoms with Gasteiger partial charge in [0.15, 0.2) is 11.4 Å². The summed E-state index contributed by atoms with van der Waals surface area (Å²) in [4.78, 5) is 14.9. The summed E-state index contributed by atoms with van der Waals surface area (Å²) in [6.07, 6.45) is 14.6. The lowest BCUT2D eigenvalue weighted by Crippen LogP contribution is -2.51. The Labute approximate surface area is 258 Å². The van der Waals surface area contributed by atoms with Gasteiger partial charge in [0.1, 0.15) is 29.5 Å². The minimum absolute atomic E-state index is 0.0994. The fourth-order valence-corrected chi connectivity index (χ4v) is 8.00. The Morgan fingerprint density at radius 2 is 1.86 bits per heavy atom. The fraction of sp³-hybridized carbons (Fsp3) is 0.486. The molecule has 230 valence electrons. The number of anilines is 1. The summed E-state index contributed by atoms with van der Waals surface area (Å²) in [5, 5.41) is 15.5. The van der Waals surface area contributed by atoms with Crippen LogP contribution in [-0.4, -0.2) is 75.0 Å². The standard InChI is InChI=1S/C33H35FN6O2.C2H6/c1-2-26-27(34)8-5-21-13-25(41)14-22(30(21)26)16-39-20-35-31-28(42-19-33-9-3-11-40(33)12-4-10-33)15-29(37-32(31)39)38-17-23-6-7-24(18-38)36-23;1-2/h1,5,8,13-15,20,23-24,36,41H,3-4,6-7,9-12,16-19H2;1-2H3. The van der Waals surface area contributed by atoms with Gasteiger partial charge in [0.05, 0.1) is 24.0 Å². The van der Waals surface area contributed by atoms with Crippen LogP contribution >= 0.6 is 0 Å². The number of aromatic nitrogens is 3. The van der Waals surface area contributed by atoms with E-state index in [0.29, 0.717) is 52.7 Å². The number of pyridine rings is 1. The second-order valence-electron chi connectivity index (χ2n) is 12.5. The molecule has 2 unspecified atom stereocenters. The quantitative estimate of drug-likeness (QED) is 0.287. The summed E-state index contributed by atoms with van der Waals surface area (Å²) >= 11 is 0. The third-order valence-corrected chi connectivity index (χ3v) is 9.99. The van der Waals surface area contributed by atoms with Gasteiger partial charge in [-0.15, -0.1) is 6.42 Å². The average Bonchev–Trinajstić information content (AvgIpc) is 3.81. The highest BCUT2D eigenvalue weighted by Crippen LogP contribution is 2.40. The van der Waals surface area contributed by atoms with Crippen LogP contribution in [0.5, 0.6) is 11.5 Å². The number of phenolic OH excluding ortho intramolecular Hbond substituents is 1. The Kier molecular flexibility index (Phi) is 7.59. The third-order valence-electron chi connectivity index (χ3n) is 9.99. The zero-order valence-corrected chi connectivity index (χ0v) is 25.7. The van der Waals surface area contributed by atoms with Gasteiger partial charge in [0.25, 0.3) is 0 Å². The number of imidazole rings is 1. The molecular formula is C35H41FN6O2. The third kappa shape index (κ3) is 4.94. The number of hydrogen-bond acceptors (Lipinski definition) is 7. The summed E-state index contributed by atoms with van der Waals surface area (Å²) in [6.45, 7) is 9.07. The number of fused-ring (bicyclic) bond motifs is 5. The van der Waals surface area contributed by atoms with Gasteiger partial charge in [-0.2, -0.15) is 0 Å². The molecule has 4 aromatic rings. The van der Waals surface area contributed by atoms with Gasteiger partial charge >= 0.3 is 0 Å². The molecule has 4 aliphatic rings. The van der Waals surface area contributed by atoms with Crippen molar-refractivity contribution in [1.29, 1.82) is 0 Å². The summed E-state index contributed by atoms with van der Waals surface area (Å²) in [5.74, 6) is 3.81. The van der Waals surface area contributed by atoms with Crippen molar-refractivity contribution in [1.82, 2.24) is 24.8 Å². The molecule has 2 bridgehead atoms. The molecule has 44 heavy (non-hydrogen) atoms. The van der Waals surface area contributed by atoms with Gasteiger partial charge < -0.3 is 24.6 Å². The van der Waals surface area contributed by atoms with Crippen molar-refractivity contribution in [3.8, 4) is 23.8 Å². The van der Waals surface area contributed by atoms with E-state index in [1.54, 1.807) is 24.5 Å². The molecule has 2 N–H and O–H groups in total. The number of rotatable bonds is 6.